The third kappa shape index (κ3) is 14.1. The summed E-state index contributed by atoms with van der Waals surface area (Å²) in [5.41, 5.74) is 0. The highest BCUT2D eigenvalue weighted by Crippen LogP contribution is 2.04. The van der Waals surface area contributed by atoms with Crippen LogP contribution in [0.5, 0.6) is 0 Å². The van der Waals surface area contributed by atoms with E-state index in [0.29, 0.717) is 19.8 Å². The molecular formula is C15H31NO8S. The molecule has 0 N–H and O–H groups in total. The molecule has 150 valence electrons. The number of methoxy groups -OCH3 is 1. The minimum atomic E-state index is -3.33. The lowest BCUT2D eigenvalue weighted by Crippen LogP contribution is -2.39. The van der Waals surface area contributed by atoms with E-state index in [1.807, 2.05) is 13.8 Å². The first-order chi connectivity index (χ1) is 11.7. The average molecular weight is 385 g/mol. The van der Waals surface area contributed by atoms with E-state index in [4.69, 9.17) is 23.7 Å². The Bertz CT molecular complexity index is 454. The van der Waals surface area contributed by atoms with Crippen LogP contribution in [0.25, 0.3) is 0 Å². The number of esters is 1. The van der Waals surface area contributed by atoms with Crippen molar-refractivity contribution in [1.82, 2.24) is 4.31 Å². The van der Waals surface area contributed by atoms with Gasteiger partial charge in [0.15, 0.2) is 0 Å². The summed E-state index contributed by atoms with van der Waals surface area (Å²) in [5, 5.41) is 0. The Kier molecular flexibility index (Phi) is 13.0. The Labute approximate surface area is 150 Å². The van der Waals surface area contributed by atoms with Gasteiger partial charge in [0.25, 0.3) is 0 Å². The van der Waals surface area contributed by atoms with Crippen LogP contribution in [0.1, 0.15) is 13.8 Å². The first-order valence-corrected chi connectivity index (χ1v) is 9.88. The van der Waals surface area contributed by atoms with Crippen molar-refractivity contribution >= 4 is 16.0 Å². The molecule has 0 bridgehead atoms. The fraction of sp³-hybridized carbons (Fsp3) is 0.933. The van der Waals surface area contributed by atoms with E-state index < -0.39 is 22.1 Å². The van der Waals surface area contributed by atoms with Crippen LogP contribution in [0, 0.1) is 0 Å². The minimum Gasteiger partial charge on any atom is -0.461 e. The number of likely N-dealkylation sites (N-methyl/N-ethyl adjacent to an activating group) is 1. The second-order valence-electron chi connectivity index (χ2n) is 5.69. The smallest absolute Gasteiger partial charge is 0.332 e. The topological polar surface area (TPSA) is 101 Å². The fourth-order valence-corrected chi connectivity index (χ4v) is 2.12. The highest BCUT2D eigenvalue weighted by atomic mass is 32.2. The van der Waals surface area contributed by atoms with Crippen LogP contribution >= 0.6 is 0 Å². The predicted octanol–water partition coefficient (Wildman–Crippen LogP) is -0.106. The van der Waals surface area contributed by atoms with Gasteiger partial charge < -0.3 is 23.7 Å². The van der Waals surface area contributed by atoms with Gasteiger partial charge in [0, 0.05) is 20.7 Å². The third-order valence-electron chi connectivity index (χ3n) is 2.95. The van der Waals surface area contributed by atoms with Crippen molar-refractivity contribution in [3.63, 3.8) is 0 Å². The largest absolute Gasteiger partial charge is 0.461 e. The highest BCUT2D eigenvalue weighted by molar-refractivity contribution is 7.88. The van der Waals surface area contributed by atoms with Crippen LogP contribution in [0.15, 0.2) is 0 Å². The van der Waals surface area contributed by atoms with Gasteiger partial charge in [0.1, 0.15) is 19.3 Å². The Morgan fingerprint density at radius 2 is 1.68 bits per heavy atom. The van der Waals surface area contributed by atoms with Crippen LogP contribution in [0.4, 0.5) is 0 Å². The molecule has 0 aliphatic rings. The van der Waals surface area contributed by atoms with Crippen LogP contribution in [-0.2, 0) is 38.5 Å². The van der Waals surface area contributed by atoms with Crippen LogP contribution in [0.2, 0.25) is 0 Å². The Morgan fingerprint density at radius 1 is 1.08 bits per heavy atom. The molecule has 0 heterocycles. The molecule has 0 fully saturated rings. The van der Waals surface area contributed by atoms with Crippen molar-refractivity contribution < 1.29 is 36.9 Å². The SMILES string of the molecule is COCCOCCOCC(=O)OC[C@H](CN(C)S(C)(=O)=O)OC(C)C. The lowest BCUT2D eigenvalue weighted by Gasteiger charge is -2.24. The zero-order valence-corrected chi connectivity index (χ0v) is 16.5. The number of hydrogen-bond acceptors (Lipinski definition) is 8. The number of carbonyl (C=O) groups is 1. The molecule has 0 aromatic carbocycles. The van der Waals surface area contributed by atoms with Gasteiger partial charge in [0.05, 0.1) is 38.8 Å². The van der Waals surface area contributed by atoms with Gasteiger partial charge in [-0.3, -0.25) is 0 Å². The zero-order valence-electron chi connectivity index (χ0n) is 15.7. The summed E-state index contributed by atoms with van der Waals surface area (Å²) in [5.74, 6) is -0.545. The van der Waals surface area contributed by atoms with Crippen molar-refractivity contribution in [2.75, 3.05) is 66.6 Å². The first-order valence-electron chi connectivity index (χ1n) is 8.03. The minimum absolute atomic E-state index is 0.0510. The van der Waals surface area contributed by atoms with Crippen molar-refractivity contribution in [3.05, 3.63) is 0 Å². The lowest BCUT2D eigenvalue weighted by molar-refractivity contribution is -0.155. The summed E-state index contributed by atoms with van der Waals surface area (Å²) in [6.45, 7) is 5.07. The normalized spacial score (nSPS) is 13.4. The van der Waals surface area contributed by atoms with Crippen LogP contribution < -0.4 is 0 Å². The molecule has 10 heteroatoms. The fourth-order valence-electron chi connectivity index (χ4n) is 1.69. The van der Waals surface area contributed by atoms with E-state index in [1.54, 1.807) is 7.11 Å². The van der Waals surface area contributed by atoms with E-state index in [9.17, 15) is 13.2 Å². The van der Waals surface area contributed by atoms with Gasteiger partial charge in [-0.05, 0) is 13.8 Å². The van der Waals surface area contributed by atoms with Crippen molar-refractivity contribution in [2.24, 2.45) is 0 Å². The molecule has 0 amide bonds. The molecule has 0 aliphatic carbocycles. The molecule has 9 nitrogen and oxygen atoms in total. The molecular weight excluding hydrogens is 354 g/mol. The Morgan fingerprint density at radius 3 is 2.24 bits per heavy atom. The summed E-state index contributed by atoms with van der Waals surface area (Å²) < 4.78 is 50.0. The molecule has 0 saturated heterocycles. The Balaban J connectivity index is 4.08. The van der Waals surface area contributed by atoms with Gasteiger partial charge in [-0.2, -0.15) is 0 Å². The zero-order chi connectivity index (χ0) is 19.3. The molecule has 0 aromatic rings. The molecule has 0 spiro atoms. The second kappa shape index (κ2) is 13.4. The van der Waals surface area contributed by atoms with Gasteiger partial charge in [-0.15, -0.1) is 0 Å². The van der Waals surface area contributed by atoms with Crippen LogP contribution in [0.3, 0.4) is 0 Å². The molecule has 25 heavy (non-hydrogen) atoms. The quantitative estimate of drug-likeness (QED) is 0.284. The van der Waals surface area contributed by atoms with Gasteiger partial charge in [-0.25, -0.2) is 17.5 Å². The number of carbonyl (C=O) groups excluding carboxylic acids is 1. The first kappa shape index (κ1) is 24.2. The number of rotatable bonds is 15. The van der Waals surface area contributed by atoms with E-state index >= 15 is 0 Å². The molecule has 0 aromatic heterocycles. The molecule has 0 unspecified atom stereocenters. The van der Waals surface area contributed by atoms with Gasteiger partial charge >= 0.3 is 5.97 Å². The standard InChI is InChI=1S/C15H31NO8S/c1-13(2)24-14(10-16(3)25(5,18)19)11-23-15(17)12-22-9-8-21-7-6-20-4/h13-14H,6-12H2,1-5H3/t14-/m0/s1. The van der Waals surface area contributed by atoms with Crippen LogP contribution in [-0.4, -0.2) is 97.5 Å². The Hall–Kier alpha value is -0.780. The van der Waals surface area contributed by atoms with E-state index in [2.05, 4.69) is 0 Å². The maximum Gasteiger partial charge on any atom is 0.332 e. The molecule has 0 saturated carbocycles. The summed E-state index contributed by atoms with van der Waals surface area (Å²) in [6.07, 6.45) is 0.423. The third-order valence-corrected chi connectivity index (χ3v) is 4.23. The highest BCUT2D eigenvalue weighted by Gasteiger charge is 2.21. The number of ether oxygens (including phenoxy) is 5. The van der Waals surface area contributed by atoms with Crippen molar-refractivity contribution in [2.45, 2.75) is 26.1 Å². The summed E-state index contributed by atoms with van der Waals surface area (Å²) in [4.78, 5) is 11.7. The van der Waals surface area contributed by atoms with E-state index in [1.165, 1.54) is 7.05 Å². The monoisotopic (exact) mass is 385 g/mol. The van der Waals surface area contributed by atoms with Crippen molar-refractivity contribution in [1.29, 1.82) is 0 Å². The molecule has 1 atom stereocenters. The maximum absolute atomic E-state index is 11.7. The number of sulfonamides is 1. The predicted molar refractivity (Wildman–Crippen MR) is 92.0 cm³/mol. The molecule has 0 aliphatic heterocycles. The van der Waals surface area contributed by atoms with Crippen molar-refractivity contribution in [3.8, 4) is 0 Å². The van der Waals surface area contributed by atoms with Gasteiger partial charge in [-0.1, -0.05) is 0 Å². The number of hydrogen-bond donors (Lipinski definition) is 0. The summed E-state index contributed by atoms with van der Waals surface area (Å²) >= 11 is 0. The van der Waals surface area contributed by atoms with E-state index in [-0.39, 0.29) is 32.5 Å². The molecule has 0 rings (SSSR count). The maximum atomic E-state index is 11.7. The van der Waals surface area contributed by atoms with E-state index in [0.717, 1.165) is 10.6 Å². The summed E-state index contributed by atoms with van der Waals surface area (Å²) in [6, 6.07) is 0. The summed E-state index contributed by atoms with van der Waals surface area (Å²) in [7, 11) is -0.306. The lowest BCUT2D eigenvalue weighted by atomic mass is 10.3. The molecule has 0 radical (unpaired) electrons. The second-order valence-corrected chi connectivity index (χ2v) is 7.78. The average Bonchev–Trinajstić information content (AvgIpc) is 2.50. The van der Waals surface area contributed by atoms with Gasteiger partial charge in [0.2, 0.25) is 10.0 Å². The number of nitrogens with zero attached hydrogens (tertiary/aromatic N) is 1.